The number of nitrogens with one attached hydrogen (secondary N) is 1. The number of fused-ring (bicyclic) bond motifs is 1. The second kappa shape index (κ2) is 6.27. The Morgan fingerprint density at radius 2 is 2.20 bits per heavy atom. The Balaban J connectivity index is 1.65. The van der Waals surface area contributed by atoms with E-state index in [-0.39, 0.29) is 6.10 Å². The molecule has 0 bridgehead atoms. The molecule has 2 atom stereocenters. The van der Waals surface area contributed by atoms with Crippen LogP contribution in [0.15, 0.2) is 36.4 Å². The topological polar surface area (TPSA) is 21.3 Å². The molecular formula is C16H18ClNOS. The molecule has 0 radical (unpaired) electrons. The van der Waals surface area contributed by atoms with E-state index in [0.29, 0.717) is 6.04 Å². The Kier molecular flexibility index (Phi) is 4.41. The molecular weight excluding hydrogens is 290 g/mol. The molecule has 4 heteroatoms. The molecule has 0 saturated heterocycles. The Hall–Kier alpha value is -0.870. The van der Waals surface area contributed by atoms with Gasteiger partial charge in [-0.15, -0.1) is 11.3 Å². The number of hydrogen-bond donors (Lipinski definition) is 1. The maximum atomic E-state index is 5.99. The summed E-state index contributed by atoms with van der Waals surface area (Å²) in [6.07, 6.45) is 1.17. The van der Waals surface area contributed by atoms with E-state index >= 15 is 0 Å². The first kappa shape index (κ1) is 14.1. The van der Waals surface area contributed by atoms with E-state index in [1.807, 2.05) is 6.07 Å². The third-order valence-electron chi connectivity index (χ3n) is 3.72. The first-order chi connectivity index (χ1) is 9.74. The average Bonchev–Trinajstić information content (AvgIpc) is 2.91. The van der Waals surface area contributed by atoms with Crippen LogP contribution >= 0.6 is 22.9 Å². The van der Waals surface area contributed by atoms with Crippen LogP contribution in [0.1, 0.15) is 35.1 Å². The molecule has 0 aliphatic carbocycles. The van der Waals surface area contributed by atoms with Crippen LogP contribution < -0.4 is 5.32 Å². The zero-order chi connectivity index (χ0) is 13.9. The van der Waals surface area contributed by atoms with Crippen LogP contribution in [0, 0.1) is 0 Å². The predicted molar refractivity (Wildman–Crippen MR) is 84.6 cm³/mol. The number of benzene rings is 1. The van der Waals surface area contributed by atoms with Crippen molar-refractivity contribution in [1.29, 1.82) is 0 Å². The maximum absolute atomic E-state index is 5.99. The summed E-state index contributed by atoms with van der Waals surface area (Å²) in [6, 6.07) is 12.9. The van der Waals surface area contributed by atoms with Crippen LogP contribution in [-0.2, 0) is 11.2 Å². The molecule has 2 aromatic rings. The molecule has 1 aliphatic heterocycles. The van der Waals surface area contributed by atoms with E-state index in [4.69, 9.17) is 16.3 Å². The Morgan fingerprint density at radius 3 is 3.00 bits per heavy atom. The monoisotopic (exact) mass is 307 g/mol. The fourth-order valence-electron chi connectivity index (χ4n) is 2.59. The second-order valence-corrected chi connectivity index (χ2v) is 6.83. The first-order valence-electron chi connectivity index (χ1n) is 6.92. The zero-order valence-corrected chi connectivity index (χ0v) is 13.0. The van der Waals surface area contributed by atoms with Gasteiger partial charge < -0.3 is 10.1 Å². The molecule has 0 amide bonds. The van der Waals surface area contributed by atoms with Crippen LogP contribution in [0.5, 0.6) is 0 Å². The van der Waals surface area contributed by atoms with Gasteiger partial charge in [0.15, 0.2) is 0 Å². The summed E-state index contributed by atoms with van der Waals surface area (Å²) in [6.45, 7) is 3.80. The Bertz CT molecular complexity index is 583. The fraction of sp³-hybridized carbons (Fsp3) is 0.375. The number of hydrogen-bond acceptors (Lipinski definition) is 3. The zero-order valence-electron chi connectivity index (χ0n) is 11.4. The van der Waals surface area contributed by atoms with Crippen molar-refractivity contribution in [2.24, 2.45) is 0 Å². The fourth-order valence-corrected chi connectivity index (χ4v) is 3.68. The minimum Gasteiger partial charge on any atom is -0.372 e. The molecule has 0 spiro atoms. The van der Waals surface area contributed by atoms with Crippen LogP contribution in [0.4, 0.5) is 0 Å². The van der Waals surface area contributed by atoms with Crippen molar-refractivity contribution in [2.75, 3.05) is 13.2 Å². The minimum atomic E-state index is 0.151. The van der Waals surface area contributed by atoms with Crippen molar-refractivity contribution in [3.8, 4) is 0 Å². The lowest BCUT2D eigenvalue weighted by molar-refractivity contribution is 0.0410. The standard InChI is InChI=1S/C16H18ClNOS/c1-11(15-6-7-16(17)20-15)18-10-14-13-5-3-2-4-12(13)8-9-19-14/h2-7,11,14,18H,8-10H2,1H3. The van der Waals surface area contributed by atoms with Crippen molar-refractivity contribution in [2.45, 2.75) is 25.5 Å². The molecule has 0 fully saturated rings. The van der Waals surface area contributed by atoms with Gasteiger partial charge in [-0.25, -0.2) is 0 Å². The van der Waals surface area contributed by atoms with E-state index in [0.717, 1.165) is 23.9 Å². The SMILES string of the molecule is CC(NCC1OCCc2ccccc21)c1ccc(Cl)s1. The normalized spacial score (nSPS) is 19.6. The van der Waals surface area contributed by atoms with Crippen molar-refractivity contribution in [3.05, 3.63) is 56.7 Å². The van der Waals surface area contributed by atoms with Crippen molar-refractivity contribution < 1.29 is 4.74 Å². The predicted octanol–water partition coefficient (Wildman–Crippen LogP) is 4.37. The first-order valence-corrected chi connectivity index (χ1v) is 8.11. The van der Waals surface area contributed by atoms with Gasteiger partial charge in [0, 0.05) is 17.5 Å². The highest BCUT2D eigenvalue weighted by Crippen LogP contribution is 2.29. The third kappa shape index (κ3) is 3.07. The largest absolute Gasteiger partial charge is 0.372 e. The van der Waals surface area contributed by atoms with Crippen LogP contribution in [0.3, 0.4) is 0 Å². The number of rotatable bonds is 4. The van der Waals surface area contributed by atoms with Gasteiger partial charge in [-0.2, -0.15) is 0 Å². The Labute approximate surface area is 128 Å². The average molecular weight is 308 g/mol. The Morgan fingerprint density at radius 1 is 1.35 bits per heavy atom. The van der Waals surface area contributed by atoms with E-state index < -0.39 is 0 Å². The molecule has 2 heterocycles. The van der Waals surface area contributed by atoms with Crippen LogP contribution in [0.25, 0.3) is 0 Å². The van der Waals surface area contributed by atoms with Gasteiger partial charge in [-0.05, 0) is 36.6 Å². The maximum Gasteiger partial charge on any atom is 0.0952 e. The number of thiophene rings is 1. The van der Waals surface area contributed by atoms with Crippen LogP contribution in [-0.4, -0.2) is 13.2 Å². The highest BCUT2D eigenvalue weighted by molar-refractivity contribution is 7.16. The summed E-state index contributed by atoms with van der Waals surface area (Å²) in [7, 11) is 0. The molecule has 1 N–H and O–H groups in total. The smallest absolute Gasteiger partial charge is 0.0952 e. The summed E-state index contributed by atoms with van der Waals surface area (Å²) >= 11 is 7.62. The number of halogens is 1. The molecule has 0 saturated carbocycles. The lowest BCUT2D eigenvalue weighted by atomic mass is 9.97. The van der Waals surface area contributed by atoms with Crippen molar-refractivity contribution in [3.63, 3.8) is 0 Å². The van der Waals surface area contributed by atoms with E-state index in [2.05, 4.69) is 42.6 Å². The minimum absolute atomic E-state index is 0.151. The molecule has 2 nitrogen and oxygen atoms in total. The highest BCUT2D eigenvalue weighted by atomic mass is 35.5. The summed E-state index contributed by atoms with van der Waals surface area (Å²) in [5.74, 6) is 0. The highest BCUT2D eigenvalue weighted by Gasteiger charge is 2.21. The van der Waals surface area contributed by atoms with Gasteiger partial charge in [0.25, 0.3) is 0 Å². The van der Waals surface area contributed by atoms with Gasteiger partial charge >= 0.3 is 0 Å². The molecule has 106 valence electrons. The van der Waals surface area contributed by atoms with E-state index in [1.54, 1.807) is 11.3 Å². The van der Waals surface area contributed by atoms with Gasteiger partial charge in [0.1, 0.15) is 0 Å². The van der Waals surface area contributed by atoms with Crippen molar-refractivity contribution in [1.82, 2.24) is 5.32 Å². The lowest BCUT2D eigenvalue weighted by Gasteiger charge is -2.27. The van der Waals surface area contributed by atoms with E-state index in [1.165, 1.54) is 16.0 Å². The van der Waals surface area contributed by atoms with Gasteiger partial charge in [0.05, 0.1) is 17.0 Å². The summed E-state index contributed by atoms with van der Waals surface area (Å²) in [5, 5.41) is 3.55. The molecule has 1 aromatic heterocycles. The molecule has 2 unspecified atom stereocenters. The summed E-state index contributed by atoms with van der Waals surface area (Å²) in [5.41, 5.74) is 2.74. The quantitative estimate of drug-likeness (QED) is 0.906. The number of ether oxygens (including phenoxy) is 1. The van der Waals surface area contributed by atoms with Crippen LogP contribution in [0.2, 0.25) is 4.34 Å². The van der Waals surface area contributed by atoms with Gasteiger partial charge in [-0.1, -0.05) is 35.9 Å². The molecule has 3 rings (SSSR count). The molecule has 1 aliphatic rings. The second-order valence-electron chi connectivity index (χ2n) is 5.08. The van der Waals surface area contributed by atoms with Gasteiger partial charge in [-0.3, -0.25) is 0 Å². The summed E-state index contributed by atoms with van der Waals surface area (Å²) < 4.78 is 6.75. The van der Waals surface area contributed by atoms with Gasteiger partial charge in [0.2, 0.25) is 0 Å². The third-order valence-corrected chi connectivity index (χ3v) is 5.14. The molecule has 20 heavy (non-hydrogen) atoms. The molecule has 1 aromatic carbocycles. The van der Waals surface area contributed by atoms with E-state index in [9.17, 15) is 0 Å². The lowest BCUT2D eigenvalue weighted by Crippen LogP contribution is -2.29. The summed E-state index contributed by atoms with van der Waals surface area (Å²) in [4.78, 5) is 1.26. The van der Waals surface area contributed by atoms with Crippen molar-refractivity contribution >= 4 is 22.9 Å².